The molecule has 2 aliphatic carbocycles. The number of benzene rings is 2. The number of rotatable bonds is 13. The van der Waals surface area contributed by atoms with E-state index in [1.807, 2.05) is 0 Å². The monoisotopic (exact) mass is 818 g/mol. The molecule has 4 fully saturated rings. The van der Waals surface area contributed by atoms with E-state index >= 15 is 0 Å². The van der Waals surface area contributed by atoms with Crippen molar-refractivity contribution < 1.29 is 38.2 Å². The summed E-state index contributed by atoms with van der Waals surface area (Å²) in [5.41, 5.74) is 1.17. The summed E-state index contributed by atoms with van der Waals surface area (Å²) in [6, 6.07) is 11.8. The first-order valence-corrected chi connectivity index (χ1v) is 20.9. The van der Waals surface area contributed by atoms with Gasteiger partial charge in [-0.1, -0.05) is 0 Å². The predicted molar refractivity (Wildman–Crippen MR) is 217 cm³/mol. The molecule has 2 aromatic carbocycles. The summed E-state index contributed by atoms with van der Waals surface area (Å²) < 4.78 is 17.7. The maximum atomic E-state index is 13.3. The number of methoxy groups -OCH3 is 1. The molecule has 3 atom stereocenters. The molecular formula is C44H50N8O8. The number of carbonyl (C=O) groups excluding carboxylic acids is 5. The Morgan fingerprint density at radius 2 is 1.65 bits per heavy atom. The van der Waals surface area contributed by atoms with Crippen molar-refractivity contribution in [1.82, 2.24) is 30.4 Å². The van der Waals surface area contributed by atoms with Gasteiger partial charge in [0, 0.05) is 69.5 Å². The number of nitriles is 1. The van der Waals surface area contributed by atoms with E-state index in [-0.39, 0.29) is 53.8 Å². The zero-order valence-corrected chi connectivity index (χ0v) is 34.1. The Balaban J connectivity index is 0.770. The first-order valence-electron chi connectivity index (χ1n) is 20.9. The van der Waals surface area contributed by atoms with Crippen LogP contribution in [0.3, 0.4) is 0 Å². The Morgan fingerprint density at radius 1 is 0.917 bits per heavy atom. The highest BCUT2D eigenvalue weighted by Gasteiger charge is 2.45. The number of amides is 5. The van der Waals surface area contributed by atoms with Gasteiger partial charge in [0.05, 0.1) is 36.2 Å². The largest absolute Gasteiger partial charge is 0.495 e. The van der Waals surface area contributed by atoms with Gasteiger partial charge < -0.3 is 24.4 Å². The first kappa shape index (κ1) is 40.7. The molecule has 4 heterocycles. The summed E-state index contributed by atoms with van der Waals surface area (Å²) in [5, 5.41) is 14.5. The molecule has 8 rings (SSSR count). The van der Waals surface area contributed by atoms with Crippen molar-refractivity contribution >= 4 is 35.4 Å². The SMILES string of the molecule is COc1cc(O[C@@H]2CC[C@@H](NC(=O)c3cnc(N4CCC(CN(C(C)C)C5CC(Oc6ccc7c(c6)C(=O)N(C6CCC(=O)NC6=O)C7=O)C5)CC4)cn3)C2)ccc1C#N. The van der Waals surface area contributed by atoms with E-state index in [1.54, 1.807) is 48.8 Å². The van der Waals surface area contributed by atoms with E-state index in [0.29, 0.717) is 47.2 Å². The molecule has 1 aromatic heterocycles. The number of carbonyl (C=O) groups is 5. The minimum Gasteiger partial charge on any atom is -0.495 e. The fourth-order valence-electron chi connectivity index (χ4n) is 9.11. The summed E-state index contributed by atoms with van der Waals surface area (Å²) in [7, 11) is 1.52. The number of ether oxygens (including phenoxy) is 3. The minimum atomic E-state index is -1.00. The van der Waals surface area contributed by atoms with Gasteiger partial charge in [0.2, 0.25) is 11.8 Å². The van der Waals surface area contributed by atoms with E-state index in [0.717, 1.165) is 68.9 Å². The lowest BCUT2D eigenvalue weighted by Gasteiger charge is -2.46. The molecule has 0 bridgehead atoms. The molecule has 2 saturated heterocycles. The smallest absolute Gasteiger partial charge is 0.271 e. The van der Waals surface area contributed by atoms with Gasteiger partial charge in [-0.15, -0.1) is 0 Å². The number of imide groups is 2. The zero-order valence-electron chi connectivity index (χ0n) is 34.1. The molecule has 3 aromatic rings. The van der Waals surface area contributed by atoms with Gasteiger partial charge in [-0.05, 0) is 82.2 Å². The third-order valence-corrected chi connectivity index (χ3v) is 12.5. The summed E-state index contributed by atoms with van der Waals surface area (Å²) in [6.45, 7) is 7.13. The fourth-order valence-corrected chi connectivity index (χ4v) is 9.11. The third-order valence-electron chi connectivity index (χ3n) is 12.5. The number of hydrogen-bond donors (Lipinski definition) is 2. The number of piperidine rings is 2. The summed E-state index contributed by atoms with van der Waals surface area (Å²) in [5.74, 6) is 0.517. The van der Waals surface area contributed by atoms with Crippen LogP contribution in [0.25, 0.3) is 0 Å². The van der Waals surface area contributed by atoms with Gasteiger partial charge in [-0.2, -0.15) is 5.26 Å². The average molecular weight is 819 g/mol. The molecule has 2 N–H and O–H groups in total. The molecule has 2 saturated carbocycles. The number of aromatic nitrogens is 2. The number of fused-ring (bicyclic) bond motifs is 1. The van der Waals surface area contributed by atoms with Crippen LogP contribution in [-0.4, -0.2) is 112 Å². The van der Waals surface area contributed by atoms with Crippen molar-refractivity contribution in [1.29, 1.82) is 5.26 Å². The Labute approximate surface area is 348 Å². The van der Waals surface area contributed by atoms with Gasteiger partial charge in [-0.3, -0.25) is 39.1 Å². The molecule has 5 amide bonds. The van der Waals surface area contributed by atoms with Crippen molar-refractivity contribution in [3.05, 3.63) is 71.2 Å². The zero-order chi connectivity index (χ0) is 42.1. The topological polar surface area (TPSA) is 196 Å². The maximum absolute atomic E-state index is 13.3. The second kappa shape index (κ2) is 17.3. The highest BCUT2D eigenvalue weighted by atomic mass is 16.5. The second-order valence-corrected chi connectivity index (χ2v) is 16.7. The lowest BCUT2D eigenvalue weighted by molar-refractivity contribution is -0.136. The van der Waals surface area contributed by atoms with Gasteiger partial charge in [0.25, 0.3) is 17.7 Å². The van der Waals surface area contributed by atoms with Gasteiger partial charge >= 0.3 is 0 Å². The molecule has 60 heavy (non-hydrogen) atoms. The van der Waals surface area contributed by atoms with Crippen molar-refractivity contribution in [3.63, 3.8) is 0 Å². The van der Waals surface area contributed by atoms with Gasteiger partial charge in [0.1, 0.15) is 53.1 Å². The van der Waals surface area contributed by atoms with Crippen LogP contribution in [0.15, 0.2) is 48.8 Å². The lowest BCUT2D eigenvalue weighted by Crippen LogP contribution is -2.54. The summed E-state index contributed by atoms with van der Waals surface area (Å²) in [4.78, 5) is 78.3. The molecule has 5 aliphatic rings. The van der Waals surface area contributed by atoms with Crippen molar-refractivity contribution in [2.75, 3.05) is 31.6 Å². The molecule has 0 spiro atoms. The highest BCUT2D eigenvalue weighted by molar-refractivity contribution is 6.23. The predicted octanol–water partition coefficient (Wildman–Crippen LogP) is 4.02. The van der Waals surface area contributed by atoms with E-state index in [4.69, 9.17) is 14.2 Å². The number of anilines is 1. The van der Waals surface area contributed by atoms with Gasteiger partial charge in [-0.25, -0.2) is 9.97 Å². The first-order chi connectivity index (χ1) is 29.0. The Morgan fingerprint density at radius 3 is 2.35 bits per heavy atom. The Hall–Kier alpha value is -6.08. The molecule has 3 aliphatic heterocycles. The van der Waals surface area contributed by atoms with Crippen molar-refractivity contribution in [2.24, 2.45) is 5.92 Å². The third kappa shape index (κ3) is 8.49. The summed E-state index contributed by atoms with van der Waals surface area (Å²) >= 11 is 0. The van der Waals surface area contributed by atoms with Crippen LogP contribution >= 0.6 is 0 Å². The van der Waals surface area contributed by atoms with Gasteiger partial charge in [0.15, 0.2) is 0 Å². The van der Waals surface area contributed by atoms with E-state index < -0.39 is 29.7 Å². The lowest BCUT2D eigenvalue weighted by atomic mass is 9.85. The number of nitrogens with zero attached hydrogens (tertiary/aromatic N) is 6. The highest BCUT2D eigenvalue weighted by Crippen LogP contribution is 2.36. The maximum Gasteiger partial charge on any atom is 0.271 e. The van der Waals surface area contributed by atoms with Crippen LogP contribution in [0.5, 0.6) is 17.2 Å². The molecule has 16 heteroatoms. The van der Waals surface area contributed by atoms with Crippen molar-refractivity contribution in [3.8, 4) is 23.3 Å². The number of nitrogens with one attached hydrogen (secondary N) is 2. The number of hydrogen-bond acceptors (Lipinski definition) is 13. The van der Waals surface area contributed by atoms with Crippen LogP contribution < -0.4 is 29.7 Å². The van der Waals surface area contributed by atoms with E-state index in [2.05, 4.69) is 50.3 Å². The van der Waals surface area contributed by atoms with Crippen LogP contribution in [0.4, 0.5) is 5.82 Å². The fraction of sp³-hybridized carbons (Fsp3) is 0.500. The molecular weight excluding hydrogens is 769 g/mol. The molecule has 314 valence electrons. The Kier molecular flexibility index (Phi) is 11.7. The average Bonchev–Trinajstić information content (AvgIpc) is 3.77. The molecule has 0 radical (unpaired) electrons. The van der Waals surface area contributed by atoms with Crippen LogP contribution in [0, 0.1) is 17.2 Å². The van der Waals surface area contributed by atoms with Crippen LogP contribution in [0.2, 0.25) is 0 Å². The Bertz CT molecular complexity index is 2190. The minimum absolute atomic E-state index is 0.0209. The van der Waals surface area contributed by atoms with E-state index in [9.17, 15) is 29.2 Å². The van der Waals surface area contributed by atoms with Crippen LogP contribution in [-0.2, 0) is 9.59 Å². The van der Waals surface area contributed by atoms with E-state index in [1.165, 1.54) is 7.11 Å². The molecule has 16 nitrogen and oxygen atoms in total. The summed E-state index contributed by atoms with van der Waals surface area (Å²) in [6.07, 6.45) is 9.30. The van der Waals surface area contributed by atoms with Crippen molar-refractivity contribution in [2.45, 2.75) is 108 Å². The molecule has 1 unspecified atom stereocenters. The normalized spacial score (nSPS) is 24.2. The standard InChI is InChI=1S/C44H50N8O8/c1-25(2)51(29-17-33(18-29)60-31-8-9-34-35(19-31)44(57)52(43(34)56)37-10-11-40(53)49-42(37)55)24-26-12-14-50(15-13-26)39-23-46-36(22-47-39)41(54)48-28-5-7-30(16-28)59-32-6-4-27(21-45)38(20-32)58-3/h4,6,8-9,19-20,22-23,25-26,28-30,33,37H,5,7,10-18,24H2,1-3H3,(H,48,54)(H,49,53,55)/t28-,29?,30-,33?,37?/m1/s1. The second-order valence-electron chi connectivity index (χ2n) is 16.7. The quantitative estimate of drug-likeness (QED) is 0.235. The van der Waals surface area contributed by atoms with Crippen LogP contribution in [0.1, 0.15) is 108 Å².